The topological polar surface area (TPSA) is 15.3 Å². The maximum atomic E-state index is 3.31. The average molecular weight is 212 g/mol. The quantitative estimate of drug-likeness (QED) is 0.727. The molecular weight excluding hydrogens is 184 g/mol. The molecule has 0 aromatic carbocycles. The van der Waals surface area contributed by atoms with Gasteiger partial charge in [0.15, 0.2) is 0 Å². The molecule has 1 N–H and O–H groups in total. The van der Waals surface area contributed by atoms with Crippen molar-refractivity contribution in [3.05, 3.63) is 0 Å². The molecule has 0 radical (unpaired) electrons. The Morgan fingerprint density at radius 3 is 2.33 bits per heavy atom. The summed E-state index contributed by atoms with van der Waals surface area (Å²) in [5.41, 5.74) is 0. The van der Waals surface area contributed by atoms with Crippen LogP contribution in [0.25, 0.3) is 0 Å². The van der Waals surface area contributed by atoms with Crippen LogP contribution in [0, 0.1) is 11.8 Å². The minimum absolute atomic E-state index is 0.731. The Morgan fingerprint density at radius 2 is 1.93 bits per heavy atom. The molecular formula is C13H28N2. The average Bonchev–Trinajstić information content (AvgIpc) is 2.11. The first kappa shape index (κ1) is 13.0. The van der Waals surface area contributed by atoms with Crippen molar-refractivity contribution < 1.29 is 0 Å². The molecule has 0 aromatic rings. The van der Waals surface area contributed by atoms with E-state index in [9.17, 15) is 0 Å². The molecule has 15 heavy (non-hydrogen) atoms. The van der Waals surface area contributed by atoms with E-state index in [0.717, 1.165) is 23.9 Å². The maximum absolute atomic E-state index is 3.31. The Hall–Kier alpha value is -0.0800. The van der Waals surface area contributed by atoms with Crippen molar-refractivity contribution >= 4 is 0 Å². The maximum Gasteiger partial charge on any atom is 0.0135 e. The highest BCUT2D eigenvalue weighted by Gasteiger charge is 2.34. The van der Waals surface area contributed by atoms with Gasteiger partial charge in [-0.25, -0.2) is 0 Å². The van der Waals surface area contributed by atoms with Crippen molar-refractivity contribution in [1.29, 1.82) is 0 Å². The van der Waals surface area contributed by atoms with Gasteiger partial charge in [0.2, 0.25) is 0 Å². The number of rotatable bonds is 6. The lowest BCUT2D eigenvalue weighted by atomic mass is 9.78. The van der Waals surface area contributed by atoms with Gasteiger partial charge in [-0.1, -0.05) is 13.8 Å². The lowest BCUT2D eigenvalue weighted by molar-refractivity contribution is 0.0494. The highest BCUT2D eigenvalue weighted by Crippen LogP contribution is 2.32. The highest BCUT2D eigenvalue weighted by molar-refractivity contribution is 4.90. The lowest BCUT2D eigenvalue weighted by Gasteiger charge is -2.45. The molecule has 0 bridgehead atoms. The van der Waals surface area contributed by atoms with Crippen molar-refractivity contribution in [2.45, 2.75) is 52.1 Å². The summed E-state index contributed by atoms with van der Waals surface area (Å²) in [5, 5.41) is 3.31. The fraction of sp³-hybridized carbons (Fsp3) is 1.00. The Morgan fingerprint density at radius 1 is 1.27 bits per heavy atom. The summed E-state index contributed by atoms with van der Waals surface area (Å²) in [4.78, 5) is 2.60. The Labute approximate surface area is 95.4 Å². The minimum atomic E-state index is 0.731. The summed E-state index contributed by atoms with van der Waals surface area (Å²) in [6, 6.07) is 1.56. The second kappa shape index (κ2) is 5.86. The number of nitrogens with one attached hydrogen (secondary N) is 1. The van der Waals surface area contributed by atoms with Crippen LogP contribution in [0.15, 0.2) is 0 Å². The molecule has 0 heterocycles. The van der Waals surface area contributed by atoms with Gasteiger partial charge in [-0.3, -0.25) is 0 Å². The van der Waals surface area contributed by atoms with Crippen LogP contribution in [-0.4, -0.2) is 37.6 Å². The minimum Gasteiger partial charge on any atom is -0.319 e. The molecule has 0 spiro atoms. The molecule has 1 saturated carbocycles. The second-order valence-corrected chi connectivity index (χ2v) is 5.61. The van der Waals surface area contributed by atoms with E-state index in [1.807, 2.05) is 0 Å². The van der Waals surface area contributed by atoms with Crippen molar-refractivity contribution in [1.82, 2.24) is 10.2 Å². The summed E-state index contributed by atoms with van der Waals surface area (Å²) in [6.07, 6.45) is 4.12. The first-order chi connectivity index (χ1) is 7.06. The number of nitrogens with zero attached hydrogens (tertiary/aromatic N) is 1. The van der Waals surface area contributed by atoms with Gasteiger partial charge in [0, 0.05) is 12.1 Å². The molecule has 0 saturated heterocycles. The standard InChI is InChI=1S/C13H28N2/c1-10(2)8-11(3)15(5)13-7-6-12(13)9-14-4/h10-14H,6-9H2,1-5H3. The van der Waals surface area contributed by atoms with Gasteiger partial charge in [0.1, 0.15) is 0 Å². The predicted molar refractivity (Wildman–Crippen MR) is 67.1 cm³/mol. The molecule has 1 fully saturated rings. The van der Waals surface area contributed by atoms with Crippen LogP contribution in [0.4, 0.5) is 0 Å². The monoisotopic (exact) mass is 212 g/mol. The zero-order valence-corrected chi connectivity index (χ0v) is 11.1. The van der Waals surface area contributed by atoms with E-state index in [-0.39, 0.29) is 0 Å². The van der Waals surface area contributed by atoms with Gasteiger partial charge in [0.05, 0.1) is 0 Å². The fourth-order valence-corrected chi connectivity index (χ4v) is 2.76. The van der Waals surface area contributed by atoms with E-state index in [2.05, 4.69) is 45.1 Å². The van der Waals surface area contributed by atoms with Crippen molar-refractivity contribution in [2.75, 3.05) is 20.6 Å². The van der Waals surface area contributed by atoms with Gasteiger partial charge in [-0.2, -0.15) is 0 Å². The van der Waals surface area contributed by atoms with E-state index in [1.165, 1.54) is 25.8 Å². The van der Waals surface area contributed by atoms with Gasteiger partial charge < -0.3 is 10.2 Å². The summed E-state index contributed by atoms with van der Waals surface area (Å²) >= 11 is 0. The highest BCUT2D eigenvalue weighted by atomic mass is 15.2. The van der Waals surface area contributed by atoms with Crippen LogP contribution in [0.5, 0.6) is 0 Å². The van der Waals surface area contributed by atoms with Crippen molar-refractivity contribution in [3.8, 4) is 0 Å². The lowest BCUT2D eigenvalue weighted by Crippen LogP contribution is -2.51. The van der Waals surface area contributed by atoms with Gasteiger partial charge in [0.25, 0.3) is 0 Å². The van der Waals surface area contributed by atoms with Crippen LogP contribution >= 0.6 is 0 Å². The predicted octanol–water partition coefficient (Wildman–Crippen LogP) is 2.35. The van der Waals surface area contributed by atoms with Crippen molar-refractivity contribution in [2.24, 2.45) is 11.8 Å². The van der Waals surface area contributed by atoms with Crippen LogP contribution in [0.1, 0.15) is 40.0 Å². The van der Waals surface area contributed by atoms with Crippen LogP contribution in [0.2, 0.25) is 0 Å². The van der Waals surface area contributed by atoms with Crippen LogP contribution in [-0.2, 0) is 0 Å². The first-order valence-corrected chi connectivity index (χ1v) is 6.42. The molecule has 0 aliphatic heterocycles. The third-order valence-corrected chi connectivity index (χ3v) is 3.87. The fourth-order valence-electron chi connectivity index (χ4n) is 2.76. The van der Waals surface area contributed by atoms with Gasteiger partial charge >= 0.3 is 0 Å². The molecule has 0 amide bonds. The second-order valence-electron chi connectivity index (χ2n) is 5.61. The van der Waals surface area contributed by atoms with E-state index >= 15 is 0 Å². The molecule has 2 nitrogen and oxygen atoms in total. The summed E-state index contributed by atoms with van der Waals surface area (Å²) in [6.45, 7) is 8.19. The largest absolute Gasteiger partial charge is 0.319 e. The molecule has 3 unspecified atom stereocenters. The van der Waals surface area contributed by atoms with Gasteiger partial charge in [-0.05, 0) is 58.7 Å². The van der Waals surface area contributed by atoms with Gasteiger partial charge in [-0.15, -0.1) is 0 Å². The molecule has 0 aromatic heterocycles. The molecule has 1 aliphatic carbocycles. The summed E-state index contributed by atoms with van der Waals surface area (Å²) < 4.78 is 0. The Kier molecular flexibility index (Phi) is 5.07. The Balaban J connectivity index is 2.35. The van der Waals surface area contributed by atoms with E-state index < -0.39 is 0 Å². The van der Waals surface area contributed by atoms with Crippen LogP contribution < -0.4 is 5.32 Å². The third-order valence-electron chi connectivity index (χ3n) is 3.87. The summed E-state index contributed by atoms with van der Waals surface area (Å²) in [7, 11) is 4.37. The zero-order valence-electron chi connectivity index (χ0n) is 11.1. The normalized spacial score (nSPS) is 28.2. The van der Waals surface area contributed by atoms with E-state index in [0.29, 0.717) is 0 Å². The Bertz CT molecular complexity index is 179. The number of hydrogen-bond acceptors (Lipinski definition) is 2. The number of hydrogen-bond donors (Lipinski definition) is 1. The smallest absolute Gasteiger partial charge is 0.0135 e. The first-order valence-electron chi connectivity index (χ1n) is 6.42. The third kappa shape index (κ3) is 3.46. The molecule has 1 aliphatic rings. The van der Waals surface area contributed by atoms with E-state index in [4.69, 9.17) is 0 Å². The summed E-state index contributed by atoms with van der Waals surface area (Å²) in [5.74, 6) is 1.69. The SMILES string of the molecule is CNCC1CCC1N(C)C(C)CC(C)C. The van der Waals surface area contributed by atoms with Crippen LogP contribution in [0.3, 0.4) is 0 Å². The zero-order chi connectivity index (χ0) is 11.4. The van der Waals surface area contributed by atoms with Crippen molar-refractivity contribution in [3.63, 3.8) is 0 Å². The van der Waals surface area contributed by atoms with E-state index in [1.54, 1.807) is 0 Å². The molecule has 90 valence electrons. The molecule has 1 rings (SSSR count). The molecule has 3 atom stereocenters. The molecule has 2 heteroatoms.